The summed E-state index contributed by atoms with van der Waals surface area (Å²) >= 11 is 0. The van der Waals surface area contributed by atoms with Crippen LogP contribution in [0.1, 0.15) is 12.6 Å². The van der Waals surface area contributed by atoms with Crippen molar-refractivity contribution < 1.29 is 33.5 Å². The summed E-state index contributed by atoms with van der Waals surface area (Å²) < 4.78 is 27.6. The van der Waals surface area contributed by atoms with Crippen LogP contribution in [0.3, 0.4) is 0 Å². The number of aliphatic hydroxyl groups excluding tert-OH is 1. The highest BCUT2D eigenvalue weighted by Crippen LogP contribution is 2.41. The SMILES string of the molecule is O=c1nc2c(cn1[C@H]1C[C@H](O)[C@@H](COP(=O)(O)O)O1)Oc1ccccc1N2. The van der Waals surface area contributed by atoms with Crippen molar-refractivity contribution in [2.24, 2.45) is 0 Å². The first-order valence-corrected chi connectivity index (χ1v) is 9.54. The molecule has 1 aromatic carbocycles. The van der Waals surface area contributed by atoms with Gasteiger partial charge in [0.15, 0.2) is 17.3 Å². The van der Waals surface area contributed by atoms with Crippen molar-refractivity contribution in [3.63, 3.8) is 0 Å². The summed E-state index contributed by atoms with van der Waals surface area (Å²) in [5, 5.41) is 13.0. The third-order valence-corrected chi connectivity index (χ3v) is 4.68. The van der Waals surface area contributed by atoms with Gasteiger partial charge < -0.3 is 29.7 Å². The Labute approximate surface area is 152 Å². The minimum absolute atomic E-state index is 0.0274. The number of rotatable bonds is 4. The maximum atomic E-state index is 12.4. The van der Waals surface area contributed by atoms with Gasteiger partial charge in [0.25, 0.3) is 0 Å². The molecule has 144 valence electrons. The molecule has 0 aliphatic carbocycles. The number of ether oxygens (including phenoxy) is 2. The van der Waals surface area contributed by atoms with Crippen molar-refractivity contribution in [2.75, 3.05) is 11.9 Å². The van der Waals surface area contributed by atoms with E-state index in [-0.39, 0.29) is 12.2 Å². The summed E-state index contributed by atoms with van der Waals surface area (Å²) in [6, 6.07) is 7.16. The minimum atomic E-state index is -4.69. The second-order valence-corrected chi connectivity index (χ2v) is 7.32. The zero-order valence-corrected chi connectivity index (χ0v) is 14.7. The number of benzene rings is 1. The van der Waals surface area contributed by atoms with E-state index in [1.807, 2.05) is 6.07 Å². The van der Waals surface area contributed by atoms with E-state index in [4.69, 9.17) is 19.3 Å². The molecule has 0 spiro atoms. The van der Waals surface area contributed by atoms with Crippen LogP contribution in [-0.4, -0.2) is 43.3 Å². The second kappa shape index (κ2) is 6.71. The highest BCUT2D eigenvalue weighted by molar-refractivity contribution is 7.46. The molecular weight excluding hydrogens is 381 g/mol. The normalized spacial score (nSPS) is 23.9. The molecule has 2 aliphatic rings. The lowest BCUT2D eigenvalue weighted by molar-refractivity contribution is -0.0451. The van der Waals surface area contributed by atoms with Crippen LogP contribution in [-0.2, 0) is 13.8 Å². The Morgan fingerprint density at radius 3 is 2.89 bits per heavy atom. The van der Waals surface area contributed by atoms with Gasteiger partial charge in [0.05, 0.1) is 24.6 Å². The summed E-state index contributed by atoms with van der Waals surface area (Å²) in [7, 11) is -4.69. The summed E-state index contributed by atoms with van der Waals surface area (Å²) in [6.07, 6.45) is -1.50. The van der Waals surface area contributed by atoms with Crippen molar-refractivity contribution in [2.45, 2.75) is 24.9 Å². The Hall–Kier alpha value is -2.27. The summed E-state index contributed by atoms with van der Waals surface area (Å²) in [5.74, 6) is 1.13. The van der Waals surface area contributed by atoms with Gasteiger partial charge in [0.2, 0.25) is 0 Å². The van der Waals surface area contributed by atoms with Crippen LogP contribution < -0.4 is 15.7 Å². The lowest BCUT2D eigenvalue weighted by Gasteiger charge is -2.22. The Morgan fingerprint density at radius 2 is 2.11 bits per heavy atom. The first-order chi connectivity index (χ1) is 12.8. The number of phosphoric acid groups is 1. The number of hydrogen-bond donors (Lipinski definition) is 4. The fraction of sp³-hybridized carbons (Fsp3) is 0.333. The van der Waals surface area contributed by atoms with E-state index in [2.05, 4.69) is 14.8 Å². The number of fused-ring (bicyclic) bond motifs is 2. The summed E-state index contributed by atoms with van der Waals surface area (Å²) in [6.45, 7) is -0.513. The summed E-state index contributed by atoms with van der Waals surface area (Å²) in [5.41, 5.74) is 0.0508. The smallest absolute Gasteiger partial charge is 0.450 e. The largest absolute Gasteiger partial charge is 0.469 e. The maximum Gasteiger partial charge on any atom is 0.469 e. The molecular formula is C15H16N3O8P. The highest BCUT2D eigenvalue weighted by atomic mass is 31.2. The standard InChI is InChI=1S/C15H16N3O8P/c19-9-5-13(26-12(9)7-24-27(21,22)23)18-6-11-14(17-15(18)20)16-8-3-1-2-4-10(8)25-11/h1-4,6,9,12-13,19H,5,7H2,(H,16,17,20)(H2,21,22,23)/t9-,12+,13+/m0/s1. The van der Waals surface area contributed by atoms with E-state index in [0.29, 0.717) is 17.2 Å². The van der Waals surface area contributed by atoms with Crippen LogP contribution in [0.15, 0.2) is 35.3 Å². The fourth-order valence-electron chi connectivity index (χ4n) is 2.93. The molecule has 0 radical (unpaired) electrons. The Bertz CT molecular complexity index is 974. The molecule has 0 amide bonds. The molecule has 0 bridgehead atoms. The van der Waals surface area contributed by atoms with Gasteiger partial charge in [-0.2, -0.15) is 4.98 Å². The highest BCUT2D eigenvalue weighted by Gasteiger charge is 2.37. The lowest BCUT2D eigenvalue weighted by atomic mass is 10.2. The van der Waals surface area contributed by atoms with Gasteiger partial charge in [0, 0.05) is 6.42 Å². The van der Waals surface area contributed by atoms with Gasteiger partial charge in [-0.3, -0.25) is 9.09 Å². The second-order valence-electron chi connectivity index (χ2n) is 6.09. The van der Waals surface area contributed by atoms with Crippen molar-refractivity contribution in [1.29, 1.82) is 0 Å². The van der Waals surface area contributed by atoms with Gasteiger partial charge in [-0.15, -0.1) is 0 Å². The topological polar surface area (TPSA) is 152 Å². The average Bonchev–Trinajstić information content (AvgIpc) is 2.97. The van der Waals surface area contributed by atoms with Crippen LogP contribution in [0.4, 0.5) is 11.5 Å². The number of phosphoric ester groups is 1. The van der Waals surface area contributed by atoms with Gasteiger partial charge in [-0.05, 0) is 12.1 Å². The molecule has 3 heterocycles. The van der Waals surface area contributed by atoms with Crippen LogP contribution in [0, 0.1) is 0 Å². The van der Waals surface area contributed by atoms with E-state index in [1.54, 1.807) is 18.2 Å². The summed E-state index contributed by atoms with van der Waals surface area (Å²) in [4.78, 5) is 33.8. The first kappa shape index (κ1) is 18.1. The fourth-order valence-corrected chi connectivity index (χ4v) is 3.27. The maximum absolute atomic E-state index is 12.4. The number of aromatic nitrogens is 2. The van der Waals surface area contributed by atoms with Gasteiger partial charge in [0.1, 0.15) is 12.3 Å². The van der Waals surface area contributed by atoms with Gasteiger partial charge in [-0.25, -0.2) is 9.36 Å². The number of para-hydroxylation sites is 2. The number of nitrogens with one attached hydrogen (secondary N) is 1. The molecule has 4 rings (SSSR count). The number of hydrogen-bond acceptors (Lipinski definition) is 8. The van der Waals surface area contributed by atoms with Crippen molar-refractivity contribution in [1.82, 2.24) is 9.55 Å². The average molecular weight is 397 g/mol. The van der Waals surface area contributed by atoms with Crippen molar-refractivity contribution in [3.8, 4) is 11.5 Å². The number of nitrogens with zero attached hydrogens (tertiary/aromatic N) is 2. The first-order valence-electron chi connectivity index (χ1n) is 8.01. The van der Waals surface area contributed by atoms with E-state index >= 15 is 0 Å². The monoisotopic (exact) mass is 397 g/mol. The molecule has 12 heteroatoms. The molecule has 0 unspecified atom stereocenters. The quantitative estimate of drug-likeness (QED) is 0.466. The molecule has 1 fully saturated rings. The zero-order valence-electron chi connectivity index (χ0n) is 13.8. The van der Waals surface area contributed by atoms with Crippen molar-refractivity contribution >= 4 is 19.3 Å². The predicted molar refractivity (Wildman–Crippen MR) is 90.8 cm³/mol. The molecule has 3 atom stereocenters. The number of anilines is 2. The molecule has 4 N–H and O–H groups in total. The van der Waals surface area contributed by atoms with E-state index < -0.39 is 38.6 Å². The van der Waals surface area contributed by atoms with E-state index in [1.165, 1.54) is 6.20 Å². The van der Waals surface area contributed by atoms with Crippen LogP contribution in [0.25, 0.3) is 0 Å². The molecule has 1 saturated heterocycles. The predicted octanol–water partition coefficient (Wildman–Crippen LogP) is 0.850. The van der Waals surface area contributed by atoms with Crippen LogP contribution >= 0.6 is 7.82 Å². The molecule has 1 aromatic heterocycles. The molecule has 27 heavy (non-hydrogen) atoms. The van der Waals surface area contributed by atoms with Crippen LogP contribution in [0.5, 0.6) is 11.5 Å². The molecule has 2 aliphatic heterocycles. The van der Waals surface area contributed by atoms with E-state index in [9.17, 15) is 14.5 Å². The molecule has 11 nitrogen and oxygen atoms in total. The minimum Gasteiger partial charge on any atom is -0.450 e. The van der Waals surface area contributed by atoms with Crippen LogP contribution in [0.2, 0.25) is 0 Å². The third-order valence-electron chi connectivity index (χ3n) is 4.20. The van der Waals surface area contributed by atoms with E-state index in [0.717, 1.165) is 4.57 Å². The third kappa shape index (κ3) is 3.74. The molecule has 2 aromatic rings. The molecule has 0 saturated carbocycles. The van der Waals surface area contributed by atoms with Crippen molar-refractivity contribution in [3.05, 3.63) is 40.9 Å². The Kier molecular flexibility index (Phi) is 4.50. The van der Waals surface area contributed by atoms with Gasteiger partial charge >= 0.3 is 13.5 Å². The zero-order chi connectivity index (χ0) is 19.2. The Morgan fingerprint density at radius 1 is 1.33 bits per heavy atom. The number of aliphatic hydroxyl groups is 1. The Balaban J connectivity index is 1.55. The van der Waals surface area contributed by atoms with Gasteiger partial charge in [-0.1, -0.05) is 12.1 Å². The lowest BCUT2D eigenvalue weighted by Crippen LogP contribution is -2.29.